The van der Waals surface area contributed by atoms with Gasteiger partial charge in [-0.3, -0.25) is 9.52 Å². The van der Waals surface area contributed by atoms with Gasteiger partial charge in [0.05, 0.1) is 10.6 Å². The minimum atomic E-state index is -3.63. The van der Waals surface area contributed by atoms with E-state index < -0.39 is 10.0 Å². The molecule has 0 atom stereocenters. The van der Waals surface area contributed by atoms with Gasteiger partial charge in [0, 0.05) is 20.7 Å². The second kappa shape index (κ2) is 9.47. The van der Waals surface area contributed by atoms with Crippen LogP contribution in [0.25, 0.3) is 0 Å². The summed E-state index contributed by atoms with van der Waals surface area (Å²) >= 11 is 4.73. The van der Waals surface area contributed by atoms with Gasteiger partial charge in [-0.2, -0.15) is 0 Å². The van der Waals surface area contributed by atoms with Crippen LogP contribution in [-0.4, -0.2) is 20.1 Å². The number of carbonyl (C=O) groups excluding carboxylic acids is 1. The lowest BCUT2D eigenvalue weighted by Crippen LogP contribution is -2.14. The first-order valence-corrected chi connectivity index (χ1v) is 12.0. The standard InChI is InChI=1S/C21H19BrN2O3S2/c1-15-2-12-20(13-3-15)29(26,27)24-18-8-10-19(11-9-18)28-14-21(25)23-17-6-4-16(22)5-7-17/h2-13,24H,14H2,1H3,(H,23,25). The first kappa shape index (κ1) is 21.4. The zero-order valence-electron chi connectivity index (χ0n) is 15.6. The zero-order chi connectivity index (χ0) is 20.9. The topological polar surface area (TPSA) is 75.3 Å². The van der Waals surface area contributed by atoms with E-state index in [1.807, 2.05) is 31.2 Å². The van der Waals surface area contributed by atoms with Crippen molar-refractivity contribution < 1.29 is 13.2 Å². The molecule has 0 saturated carbocycles. The van der Waals surface area contributed by atoms with Crippen LogP contribution in [0.2, 0.25) is 0 Å². The highest BCUT2D eigenvalue weighted by atomic mass is 79.9. The van der Waals surface area contributed by atoms with E-state index in [-0.39, 0.29) is 16.6 Å². The van der Waals surface area contributed by atoms with Crippen LogP contribution in [0.3, 0.4) is 0 Å². The van der Waals surface area contributed by atoms with E-state index in [4.69, 9.17) is 0 Å². The third-order valence-electron chi connectivity index (χ3n) is 3.94. The van der Waals surface area contributed by atoms with Gasteiger partial charge in [0.25, 0.3) is 10.0 Å². The fourth-order valence-corrected chi connectivity index (χ4v) is 4.45. The van der Waals surface area contributed by atoms with Gasteiger partial charge >= 0.3 is 0 Å². The van der Waals surface area contributed by atoms with Gasteiger partial charge in [0.1, 0.15) is 0 Å². The zero-order valence-corrected chi connectivity index (χ0v) is 18.8. The molecule has 0 radical (unpaired) electrons. The number of anilines is 2. The summed E-state index contributed by atoms with van der Waals surface area (Å²) in [6, 6.07) is 21.0. The lowest BCUT2D eigenvalue weighted by atomic mass is 10.2. The lowest BCUT2D eigenvalue weighted by Gasteiger charge is -2.09. The van der Waals surface area contributed by atoms with E-state index in [0.29, 0.717) is 5.69 Å². The van der Waals surface area contributed by atoms with Gasteiger partial charge in [-0.05, 0) is 67.6 Å². The molecule has 0 spiro atoms. The van der Waals surface area contributed by atoms with Crippen molar-refractivity contribution in [2.45, 2.75) is 16.7 Å². The van der Waals surface area contributed by atoms with Crippen LogP contribution in [0.5, 0.6) is 0 Å². The van der Waals surface area contributed by atoms with Crippen LogP contribution in [0.1, 0.15) is 5.56 Å². The molecule has 0 aliphatic carbocycles. The molecule has 3 rings (SSSR count). The van der Waals surface area contributed by atoms with Gasteiger partial charge in [-0.25, -0.2) is 8.42 Å². The molecule has 3 aromatic rings. The van der Waals surface area contributed by atoms with Gasteiger partial charge in [0.15, 0.2) is 0 Å². The van der Waals surface area contributed by atoms with Crippen molar-refractivity contribution in [3.8, 4) is 0 Å². The molecule has 0 aromatic heterocycles. The van der Waals surface area contributed by atoms with Gasteiger partial charge in [-0.1, -0.05) is 33.6 Å². The number of nitrogens with one attached hydrogen (secondary N) is 2. The third-order valence-corrected chi connectivity index (χ3v) is 6.87. The van der Waals surface area contributed by atoms with Crippen LogP contribution in [0.4, 0.5) is 11.4 Å². The molecule has 5 nitrogen and oxygen atoms in total. The molecular formula is C21H19BrN2O3S2. The number of benzene rings is 3. The molecular weight excluding hydrogens is 472 g/mol. The summed E-state index contributed by atoms with van der Waals surface area (Å²) < 4.78 is 28.4. The molecule has 8 heteroatoms. The Kier molecular flexibility index (Phi) is 7.00. The number of halogens is 1. The molecule has 0 aliphatic heterocycles. The third kappa shape index (κ3) is 6.35. The van der Waals surface area contributed by atoms with E-state index in [1.165, 1.54) is 11.8 Å². The van der Waals surface area contributed by atoms with Crippen molar-refractivity contribution >= 4 is 55.0 Å². The summed E-state index contributed by atoms with van der Waals surface area (Å²) in [5.41, 5.74) is 2.20. The molecule has 0 unspecified atom stereocenters. The van der Waals surface area contributed by atoms with Crippen molar-refractivity contribution in [2.75, 3.05) is 15.8 Å². The number of thioether (sulfide) groups is 1. The fourth-order valence-electron chi connectivity index (χ4n) is 2.43. The largest absolute Gasteiger partial charge is 0.325 e. The second-order valence-electron chi connectivity index (χ2n) is 6.29. The molecule has 3 aromatic carbocycles. The van der Waals surface area contributed by atoms with Crippen molar-refractivity contribution in [2.24, 2.45) is 0 Å². The Balaban J connectivity index is 1.55. The Hall–Kier alpha value is -2.29. The Morgan fingerprint density at radius 3 is 2.10 bits per heavy atom. The van der Waals surface area contributed by atoms with Crippen molar-refractivity contribution in [1.82, 2.24) is 0 Å². The molecule has 0 heterocycles. The molecule has 150 valence electrons. The maximum Gasteiger partial charge on any atom is 0.261 e. The number of carbonyl (C=O) groups is 1. The first-order valence-electron chi connectivity index (χ1n) is 8.70. The predicted octanol–water partition coefficient (Wildman–Crippen LogP) is 5.29. The summed E-state index contributed by atoms with van der Waals surface area (Å²) in [6.07, 6.45) is 0. The maximum absolute atomic E-state index is 12.4. The van der Waals surface area contributed by atoms with Crippen molar-refractivity contribution in [1.29, 1.82) is 0 Å². The molecule has 0 fully saturated rings. The van der Waals surface area contributed by atoms with Crippen LogP contribution in [0, 0.1) is 6.92 Å². The van der Waals surface area contributed by atoms with Gasteiger partial charge in [0.2, 0.25) is 5.91 Å². The van der Waals surface area contributed by atoms with Crippen molar-refractivity contribution in [3.63, 3.8) is 0 Å². The Morgan fingerprint density at radius 2 is 1.48 bits per heavy atom. The number of sulfonamides is 1. The van der Waals surface area contributed by atoms with E-state index in [1.54, 1.807) is 48.5 Å². The summed E-state index contributed by atoms with van der Waals surface area (Å²) in [6.45, 7) is 1.90. The molecule has 0 bridgehead atoms. The van der Waals surface area contributed by atoms with Crippen molar-refractivity contribution in [3.05, 3.63) is 82.8 Å². The lowest BCUT2D eigenvalue weighted by molar-refractivity contribution is -0.113. The molecule has 0 aliphatic rings. The number of hydrogen-bond donors (Lipinski definition) is 2. The smallest absolute Gasteiger partial charge is 0.261 e. The van der Waals surface area contributed by atoms with Crippen LogP contribution < -0.4 is 10.0 Å². The van der Waals surface area contributed by atoms with Crippen LogP contribution >= 0.6 is 27.7 Å². The molecule has 29 heavy (non-hydrogen) atoms. The maximum atomic E-state index is 12.4. The number of amides is 1. The molecule has 2 N–H and O–H groups in total. The van der Waals surface area contributed by atoms with E-state index in [0.717, 1.165) is 20.6 Å². The van der Waals surface area contributed by atoms with E-state index >= 15 is 0 Å². The highest BCUT2D eigenvalue weighted by Crippen LogP contribution is 2.23. The van der Waals surface area contributed by atoms with Gasteiger partial charge in [-0.15, -0.1) is 11.8 Å². The fraction of sp³-hybridized carbons (Fsp3) is 0.0952. The highest BCUT2D eigenvalue weighted by molar-refractivity contribution is 9.10. The van der Waals surface area contributed by atoms with Crippen LogP contribution in [-0.2, 0) is 14.8 Å². The summed E-state index contributed by atoms with van der Waals surface area (Å²) in [4.78, 5) is 13.2. The number of hydrogen-bond acceptors (Lipinski definition) is 4. The average Bonchev–Trinajstić information content (AvgIpc) is 2.69. The molecule has 1 amide bonds. The van der Waals surface area contributed by atoms with Crippen LogP contribution in [0.15, 0.2) is 87.1 Å². The normalized spacial score (nSPS) is 11.1. The van der Waals surface area contributed by atoms with E-state index in [9.17, 15) is 13.2 Å². The average molecular weight is 491 g/mol. The predicted molar refractivity (Wildman–Crippen MR) is 122 cm³/mol. The summed E-state index contributed by atoms with van der Waals surface area (Å²) in [5.74, 6) is 0.145. The number of aryl methyl sites for hydroxylation is 1. The monoisotopic (exact) mass is 490 g/mol. The Labute approximate surface area is 183 Å². The van der Waals surface area contributed by atoms with E-state index in [2.05, 4.69) is 26.0 Å². The first-order chi connectivity index (χ1) is 13.8. The SMILES string of the molecule is Cc1ccc(S(=O)(=O)Nc2ccc(SCC(=O)Nc3ccc(Br)cc3)cc2)cc1. The summed E-state index contributed by atoms with van der Waals surface area (Å²) in [5, 5.41) is 2.83. The minimum absolute atomic E-state index is 0.110. The highest BCUT2D eigenvalue weighted by Gasteiger charge is 2.13. The Morgan fingerprint density at radius 1 is 0.897 bits per heavy atom. The minimum Gasteiger partial charge on any atom is -0.325 e. The molecule has 0 saturated heterocycles. The summed E-state index contributed by atoms with van der Waals surface area (Å²) in [7, 11) is -3.63. The van der Waals surface area contributed by atoms with Gasteiger partial charge < -0.3 is 5.32 Å². The second-order valence-corrected chi connectivity index (χ2v) is 9.93. The quantitative estimate of drug-likeness (QED) is 0.441. The number of rotatable bonds is 7. The Bertz CT molecular complexity index is 1080.